The zero-order valence-electron chi connectivity index (χ0n) is 6.25. The number of aromatic nitrogens is 1. The van der Waals surface area contributed by atoms with E-state index in [-0.39, 0.29) is 0 Å². The fourth-order valence-corrected chi connectivity index (χ4v) is 0.853. The molecule has 3 N–H and O–H groups in total. The fourth-order valence-electron chi connectivity index (χ4n) is 0.853. The van der Waals surface area contributed by atoms with Crippen LogP contribution in [-0.4, -0.2) is 4.98 Å². The van der Waals surface area contributed by atoms with Crippen LogP contribution in [0.1, 0.15) is 24.9 Å². The minimum Gasteiger partial charge on any atom is -0.351 e. The highest BCUT2D eigenvalue weighted by Crippen LogP contribution is 2.07. The molecule has 0 aromatic carbocycles. The average Bonchev–Trinajstić information content (AvgIpc) is 2.05. The summed E-state index contributed by atoms with van der Waals surface area (Å²) in [6.45, 7) is 2.13. The third-order valence-corrected chi connectivity index (χ3v) is 1.65. The summed E-state index contributed by atoms with van der Waals surface area (Å²) in [6, 6.07) is 4.41. The Labute approximate surface area is 61.1 Å². The Kier molecular flexibility index (Phi) is 2.40. The average molecular weight is 137 g/mol. The molecule has 0 unspecified atom stereocenters. The van der Waals surface area contributed by atoms with E-state index in [1.807, 2.05) is 12.3 Å². The smallest absolute Gasteiger partial charge is 0.111 e. The minimum absolute atomic E-state index is 0.397. The van der Waals surface area contributed by atoms with Gasteiger partial charge in [-0.05, 0) is 6.07 Å². The SMILES string of the molecule is CC[C@@H]([NH3+])c1cccnc1. The first-order valence-electron chi connectivity index (χ1n) is 3.57. The number of rotatable bonds is 2. The Hall–Kier alpha value is -0.890. The summed E-state index contributed by atoms with van der Waals surface area (Å²) < 4.78 is 0. The normalized spacial score (nSPS) is 13.0. The Bertz CT molecular complexity index is 184. The van der Waals surface area contributed by atoms with Crippen molar-refractivity contribution in [2.75, 3.05) is 0 Å². The van der Waals surface area contributed by atoms with E-state index >= 15 is 0 Å². The Morgan fingerprint density at radius 2 is 2.50 bits per heavy atom. The van der Waals surface area contributed by atoms with Gasteiger partial charge < -0.3 is 5.73 Å². The maximum atomic E-state index is 4.01. The molecular formula is C8H13N2+. The van der Waals surface area contributed by atoms with E-state index in [0.717, 1.165) is 6.42 Å². The quantitative estimate of drug-likeness (QED) is 0.642. The van der Waals surface area contributed by atoms with E-state index < -0.39 is 0 Å². The molecule has 1 heterocycles. The van der Waals surface area contributed by atoms with Gasteiger partial charge in [0.2, 0.25) is 0 Å². The van der Waals surface area contributed by atoms with Crippen molar-refractivity contribution in [3.05, 3.63) is 30.1 Å². The van der Waals surface area contributed by atoms with Crippen molar-refractivity contribution < 1.29 is 5.73 Å². The zero-order chi connectivity index (χ0) is 7.40. The topological polar surface area (TPSA) is 40.5 Å². The molecule has 0 aliphatic carbocycles. The van der Waals surface area contributed by atoms with Gasteiger partial charge in [-0.25, -0.2) is 0 Å². The number of nitrogens with zero attached hydrogens (tertiary/aromatic N) is 1. The predicted octanol–water partition coefficient (Wildman–Crippen LogP) is 0.775. The molecule has 1 rings (SSSR count). The molecule has 1 atom stereocenters. The summed E-state index contributed by atoms with van der Waals surface area (Å²) in [7, 11) is 0. The van der Waals surface area contributed by atoms with Crippen molar-refractivity contribution in [1.82, 2.24) is 4.98 Å². The van der Waals surface area contributed by atoms with E-state index in [4.69, 9.17) is 0 Å². The molecule has 1 aromatic heterocycles. The summed E-state index contributed by atoms with van der Waals surface area (Å²) in [5.74, 6) is 0. The Morgan fingerprint density at radius 1 is 1.70 bits per heavy atom. The maximum absolute atomic E-state index is 4.01. The summed E-state index contributed by atoms with van der Waals surface area (Å²) in [5.41, 5.74) is 5.21. The van der Waals surface area contributed by atoms with Crippen molar-refractivity contribution in [3.8, 4) is 0 Å². The highest BCUT2D eigenvalue weighted by Gasteiger charge is 2.04. The molecule has 2 heteroatoms. The van der Waals surface area contributed by atoms with Crippen LogP contribution in [0, 0.1) is 0 Å². The van der Waals surface area contributed by atoms with E-state index in [0.29, 0.717) is 6.04 Å². The monoisotopic (exact) mass is 137 g/mol. The standard InChI is InChI=1S/C8H12N2/c1-2-8(9)7-4-3-5-10-6-7/h3-6,8H,2,9H2,1H3/p+1/t8-/m1/s1. The molecule has 0 aliphatic heterocycles. The van der Waals surface area contributed by atoms with Gasteiger partial charge in [-0.15, -0.1) is 0 Å². The molecule has 10 heavy (non-hydrogen) atoms. The number of quaternary nitrogens is 1. The van der Waals surface area contributed by atoms with Crippen LogP contribution >= 0.6 is 0 Å². The summed E-state index contributed by atoms with van der Waals surface area (Å²) >= 11 is 0. The first kappa shape index (κ1) is 7.22. The number of hydrogen-bond acceptors (Lipinski definition) is 1. The number of pyridine rings is 1. The van der Waals surface area contributed by atoms with Crippen LogP contribution in [0.4, 0.5) is 0 Å². The van der Waals surface area contributed by atoms with Crippen LogP contribution in [0.15, 0.2) is 24.5 Å². The largest absolute Gasteiger partial charge is 0.351 e. The van der Waals surface area contributed by atoms with Crippen molar-refractivity contribution in [2.45, 2.75) is 19.4 Å². The van der Waals surface area contributed by atoms with Crippen LogP contribution in [0.3, 0.4) is 0 Å². The van der Waals surface area contributed by atoms with Gasteiger partial charge in [-0.3, -0.25) is 4.98 Å². The van der Waals surface area contributed by atoms with Gasteiger partial charge in [-0.1, -0.05) is 13.0 Å². The van der Waals surface area contributed by atoms with Crippen molar-refractivity contribution in [3.63, 3.8) is 0 Å². The second kappa shape index (κ2) is 3.32. The van der Waals surface area contributed by atoms with Gasteiger partial charge in [0, 0.05) is 24.4 Å². The van der Waals surface area contributed by atoms with Gasteiger partial charge >= 0.3 is 0 Å². The molecular weight excluding hydrogens is 124 g/mol. The minimum atomic E-state index is 0.397. The van der Waals surface area contributed by atoms with Crippen molar-refractivity contribution in [2.24, 2.45) is 0 Å². The maximum Gasteiger partial charge on any atom is 0.111 e. The van der Waals surface area contributed by atoms with E-state index in [2.05, 4.69) is 23.7 Å². The molecule has 0 spiro atoms. The molecule has 0 bridgehead atoms. The Morgan fingerprint density at radius 3 is 3.00 bits per heavy atom. The highest BCUT2D eigenvalue weighted by molar-refractivity contribution is 5.10. The van der Waals surface area contributed by atoms with Gasteiger partial charge in [0.1, 0.15) is 6.04 Å². The van der Waals surface area contributed by atoms with Gasteiger partial charge in [0.15, 0.2) is 0 Å². The molecule has 0 fully saturated rings. The number of hydrogen-bond donors (Lipinski definition) is 1. The lowest BCUT2D eigenvalue weighted by atomic mass is 10.1. The van der Waals surface area contributed by atoms with Crippen LogP contribution in [0.2, 0.25) is 0 Å². The third kappa shape index (κ3) is 1.54. The van der Waals surface area contributed by atoms with Gasteiger partial charge in [-0.2, -0.15) is 0 Å². The lowest BCUT2D eigenvalue weighted by Crippen LogP contribution is -2.53. The third-order valence-electron chi connectivity index (χ3n) is 1.65. The second-order valence-electron chi connectivity index (χ2n) is 2.39. The van der Waals surface area contributed by atoms with Crippen LogP contribution in [0.5, 0.6) is 0 Å². The summed E-state index contributed by atoms with van der Waals surface area (Å²) in [4.78, 5) is 4.01. The summed E-state index contributed by atoms with van der Waals surface area (Å²) in [5, 5.41) is 0. The molecule has 2 nitrogen and oxygen atoms in total. The molecule has 1 aromatic rings. The molecule has 54 valence electrons. The van der Waals surface area contributed by atoms with E-state index in [9.17, 15) is 0 Å². The highest BCUT2D eigenvalue weighted by atomic mass is 14.7. The Balaban J connectivity index is 2.75. The lowest BCUT2D eigenvalue weighted by Gasteiger charge is -2.02. The fraction of sp³-hybridized carbons (Fsp3) is 0.375. The molecule has 0 saturated carbocycles. The van der Waals surface area contributed by atoms with Crippen LogP contribution in [-0.2, 0) is 0 Å². The van der Waals surface area contributed by atoms with Gasteiger partial charge in [0.25, 0.3) is 0 Å². The molecule has 0 radical (unpaired) electrons. The van der Waals surface area contributed by atoms with Crippen LogP contribution < -0.4 is 5.73 Å². The van der Waals surface area contributed by atoms with Gasteiger partial charge in [0.05, 0.1) is 0 Å². The van der Waals surface area contributed by atoms with Crippen LogP contribution in [0.25, 0.3) is 0 Å². The van der Waals surface area contributed by atoms with Crippen molar-refractivity contribution >= 4 is 0 Å². The molecule has 0 amide bonds. The van der Waals surface area contributed by atoms with E-state index in [1.54, 1.807) is 6.20 Å². The second-order valence-corrected chi connectivity index (χ2v) is 2.39. The molecule has 0 saturated heterocycles. The first-order valence-corrected chi connectivity index (χ1v) is 3.57. The predicted molar refractivity (Wildman–Crippen MR) is 40.2 cm³/mol. The lowest BCUT2D eigenvalue weighted by molar-refractivity contribution is -0.427. The zero-order valence-corrected chi connectivity index (χ0v) is 6.25. The summed E-state index contributed by atoms with van der Waals surface area (Å²) in [6.07, 6.45) is 4.73. The molecule has 0 aliphatic rings. The van der Waals surface area contributed by atoms with E-state index in [1.165, 1.54) is 5.56 Å². The first-order chi connectivity index (χ1) is 4.84. The van der Waals surface area contributed by atoms with Crippen molar-refractivity contribution in [1.29, 1.82) is 0 Å².